The first-order valence-electron chi connectivity index (χ1n) is 16.0. The number of benzene rings is 2. The Morgan fingerprint density at radius 3 is 1.50 bits per heavy atom. The largest absolute Gasteiger partial charge is 0.396 e. The summed E-state index contributed by atoms with van der Waals surface area (Å²) in [6.07, 6.45) is 8.53. The fourth-order valence-electron chi connectivity index (χ4n) is 6.90. The molecule has 2 aromatic rings. The molecule has 1 aliphatic carbocycles. The van der Waals surface area contributed by atoms with Gasteiger partial charge in [-0.2, -0.15) is 0 Å². The average Bonchev–Trinajstić information content (AvgIpc) is 3.03. The Balaban J connectivity index is 1.18. The maximum atomic E-state index is 13.4. The van der Waals surface area contributed by atoms with Crippen molar-refractivity contribution in [2.24, 2.45) is 0 Å². The number of ketones is 2. The molecule has 0 saturated carbocycles. The summed E-state index contributed by atoms with van der Waals surface area (Å²) in [5.41, 5.74) is 1.95. The van der Waals surface area contributed by atoms with E-state index in [1.165, 1.54) is 0 Å². The van der Waals surface area contributed by atoms with E-state index in [1.54, 1.807) is 36.4 Å². The van der Waals surface area contributed by atoms with Crippen LogP contribution in [0.5, 0.6) is 0 Å². The number of hydrogen-bond acceptors (Lipinski definition) is 8. The first-order valence-corrected chi connectivity index (χ1v) is 16.0. The fraction of sp³-hybridized carbons (Fsp3) is 0.529. The second-order valence-corrected chi connectivity index (χ2v) is 12.2. The summed E-state index contributed by atoms with van der Waals surface area (Å²) in [6.45, 7) is 3.33. The molecular formula is C34H44N4O6. The zero-order valence-corrected chi connectivity index (χ0v) is 25.4. The van der Waals surface area contributed by atoms with Crippen LogP contribution >= 0.6 is 0 Å². The lowest BCUT2D eigenvalue weighted by atomic mass is 9.83. The molecule has 2 heterocycles. The molecule has 0 bridgehead atoms. The molecule has 236 valence electrons. The van der Waals surface area contributed by atoms with Gasteiger partial charge in [0.15, 0.2) is 11.6 Å². The van der Waals surface area contributed by atoms with Crippen LogP contribution in [0.2, 0.25) is 0 Å². The number of rotatable bonds is 12. The van der Waals surface area contributed by atoms with Crippen molar-refractivity contribution in [2.45, 2.75) is 76.3 Å². The van der Waals surface area contributed by atoms with Crippen molar-refractivity contribution in [3.05, 3.63) is 58.7 Å². The van der Waals surface area contributed by atoms with Crippen molar-refractivity contribution in [1.82, 2.24) is 9.80 Å². The van der Waals surface area contributed by atoms with Crippen molar-refractivity contribution < 1.29 is 29.4 Å². The van der Waals surface area contributed by atoms with E-state index >= 15 is 0 Å². The first-order chi connectivity index (χ1) is 21.4. The van der Waals surface area contributed by atoms with Crippen molar-refractivity contribution in [1.29, 1.82) is 0 Å². The summed E-state index contributed by atoms with van der Waals surface area (Å²) >= 11 is 0. The van der Waals surface area contributed by atoms with Crippen molar-refractivity contribution in [2.75, 3.05) is 50.0 Å². The third kappa shape index (κ3) is 7.61. The Hall–Kier alpha value is -3.44. The monoisotopic (exact) mass is 604 g/mol. The number of nitrogens with zero attached hydrogens (tertiary/aromatic N) is 2. The highest BCUT2D eigenvalue weighted by molar-refractivity contribution is 6.29. The molecule has 0 aromatic heterocycles. The van der Waals surface area contributed by atoms with E-state index in [2.05, 4.69) is 20.4 Å². The first kappa shape index (κ1) is 32.0. The standard InChI is InChI=1S/C34H44N4O6/c39-19-13-25-5-1-3-15-37(25)17-11-31(41)35-23-7-9-27-29(21-23)33(43)28-10-8-24(22-30(28)34(27)44)36-32(42)12-18-38-16-4-2-6-26(38)14-20-40/h7-10,21-22,25-26,39-40H,1-6,11-20H2,(H,35,41)(H,36,42). The SMILES string of the molecule is O=C(CCN1CCCCC1CCO)Nc1ccc2c(c1)C(=O)c1ccc(NC(=O)CCN3CCCCC3CCO)cc1C2=O. The number of anilines is 2. The second-order valence-electron chi connectivity index (χ2n) is 12.2. The summed E-state index contributed by atoms with van der Waals surface area (Å²) < 4.78 is 0. The Labute approximate surface area is 258 Å². The minimum Gasteiger partial charge on any atom is -0.396 e. The van der Waals surface area contributed by atoms with E-state index in [0.717, 1.165) is 51.6 Å². The van der Waals surface area contributed by atoms with Crippen LogP contribution in [0.15, 0.2) is 36.4 Å². The van der Waals surface area contributed by atoms with E-state index in [1.807, 2.05) is 0 Å². The zero-order valence-electron chi connectivity index (χ0n) is 25.4. The van der Waals surface area contributed by atoms with Crippen LogP contribution in [-0.2, 0) is 9.59 Å². The van der Waals surface area contributed by atoms with Crippen molar-refractivity contribution >= 4 is 34.8 Å². The van der Waals surface area contributed by atoms with Gasteiger partial charge in [0.2, 0.25) is 11.8 Å². The number of carbonyl (C=O) groups is 4. The fourth-order valence-corrected chi connectivity index (χ4v) is 6.90. The molecule has 2 aromatic carbocycles. The lowest BCUT2D eigenvalue weighted by Gasteiger charge is -2.35. The number of amides is 2. The van der Waals surface area contributed by atoms with Gasteiger partial charge in [0.1, 0.15) is 0 Å². The Bertz CT molecular complexity index is 1270. The molecule has 44 heavy (non-hydrogen) atoms. The molecule has 2 amide bonds. The molecule has 10 nitrogen and oxygen atoms in total. The molecule has 3 aliphatic rings. The average molecular weight is 605 g/mol. The highest BCUT2D eigenvalue weighted by Crippen LogP contribution is 2.31. The van der Waals surface area contributed by atoms with Gasteiger partial charge in [0, 0.05) is 84.9 Å². The number of aliphatic hydroxyl groups is 2. The minimum absolute atomic E-state index is 0.139. The van der Waals surface area contributed by atoms with Crippen LogP contribution in [0.1, 0.15) is 96.1 Å². The molecule has 2 saturated heterocycles. The van der Waals surface area contributed by atoms with Crippen LogP contribution in [0.3, 0.4) is 0 Å². The molecule has 2 unspecified atom stereocenters. The van der Waals surface area contributed by atoms with Gasteiger partial charge in [-0.15, -0.1) is 0 Å². The Morgan fingerprint density at radius 1 is 0.659 bits per heavy atom. The summed E-state index contributed by atoms with van der Waals surface area (Å²) in [5.74, 6) is -0.941. The van der Waals surface area contributed by atoms with E-state index in [0.29, 0.717) is 62.2 Å². The van der Waals surface area contributed by atoms with Gasteiger partial charge >= 0.3 is 0 Å². The summed E-state index contributed by atoms with van der Waals surface area (Å²) in [6, 6.07) is 10.1. The normalized spacial score (nSPS) is 20.6. The van der Waals surface area contributed by atoms with Gasteiger partial charge in [0.05, 0.1) is 0 Å². The lowest BCUT2D eigenvalue weighted by Crippen LogP contribution is -2.41. The molecule has 4 N–H and O–H groups in total. The highest BCUT2D eigenvalue weighted by Gasteiger charge is 2.31. The topological polar surface area (TPSA) is 139 Å². The Morgan fingerprint density at radius 2 is 1.09 bits per heavy atom. The molecule has 5 rings (SSSR count). The molecule has 2 aliphatic heterocycles. The molecule has 2 atom stereocenters. The summed E-state index contributed by atoms with van der Waals surface area (Å²) in [4.78, 5) is 56.9. The van der Waals surface area contributed by atoms with Gasteiger partial charge in [-0.05, 0) is 88.0 Å². The Kier molecular flexibility index (Phi) is 10.9. The van der Waals surface area contributed by atoms with Gasteiger partial charge in [0.25, 0.3) is 0 Å². The number of likely N-dealkylation sites (tertiary alicyclic amines) is 2. The molecule has 0 spiro atoms. The van der Waals surface area contributed by atoms with E-state index in [-0.39, 0.29) is 58.8 Å². The summed E-state index contributed by atoms with van der Waals surface area (Å²) in [5, 5.41) is 24.5. The number of fused-ring (bicyclic) bond motifs is 2. The molecule has 2 fully saturated rings. The summed E-state index contributed by atoms with van der Waals surface area (Å²) in [7, 11) is 0. The van der Waals surface area contributed by atoms with E-state index in [9.17, 15) is 29.4 Å². The number of piperidine rings is 2. The molecule has 0 radical (unpaired) electrons. The predicted molar refractivity (Wildman–Crippen MR) is 168 cm³/mol. The predicted octanol–water partition coefficient (Wildman–Crippen LogP) is 3.59. The zero-order chi connectivity index (χ0) is 31.1. The number of aliphatic hydroxyl groups excluding tert-OH is 2. The van der Waals surface area contributed by atoms with Gasteiger partial charge < -0.3 is 20.8 Å². The third-order valence-corrected chi connectivity index (χ3v) is 9.26. The number of carbonyl (C=O) groups excluding carboxylic acids is 4. The van der Waals surface area contributed by atoms with E-state index in [4.69, 9.17) is 0 Å². The third-order valence-electron chi connectivity index (χ3n) is 9.26. The molecular weight excluding hydrogens is 560 g/mol. The van der Waals surface area contributed by atoms with Crippen molar-refractivity contribution in [3.8, 4) is 0 Å². The lowest BCUT2D eigenvalue weighted by molar-refractivity contribution is -0.117. The highest BCUT2D eigenvalue weighted by atomic mass is 16.3. The smallest absolute Gasteiger partial charge is 0.225 e. The maximum Gasteiger partial charge on any atom is 0.225 e. The van der Waals surface area contributed by atoms with Crippen LogP contribution in [0.4, 0.5) is 11.4 Å². The quantitative estimate of drug-likeness (QED) is 0.246. The second kappa shape index (κ2) is 15.0. The van der Waals surface area contributed by atoms with Crippen molar-refractivity contribution in [3.63, 3.8) is 0 Å². The minimum atomic E-state index is -0.302. The number of hydrogen-bond donors (Lipinski definition) is 4. The molecule has 10 heteroatoms. The van der Waals surface area contributed by atoms with E-state index < -0.39 is 0 Å². The van der Waals surface area contributed by atoms with Gasteiger partial charge in [-0.1, -0.05) is 12.8 Å². The maximum absolute atomic E-state index is 13.4. The van der Waals surface area contributed by atoms with Crippen LogP contribution in [-0.4, -0.2) is 94.9 Å². The van der Waals surface area contributed by atoms with Crippen LogP contribution in [0, 0.1) is 0 Å². The van der Waals surface area contributed by atoms with Crippen LogP contribution in [0.25, 0.3) is 0 Å². The number of nitrogens with one attached hydrogen (secondary N) is 2. The van der Waals surface area contributed by atoms with Crippen LogP contribution < -0.4 is 10.6 Å². The van der Waals surface area contributed by atoms with Gasteiger partial charge in [-0.25, -0.2) is 0 Å². The van der Waals surface area contributed by atoms with Gasteiger partial charge in [-0.3, -0.25) is 29.0 Å².